The molecule has 90 valence electrons. The van der Waals surface area contributed by atoms with Crippen molar-refractivity contribution in [1.29, 1.82) is 0 Å². The van der Waals surface area contributed by atoms with Gasteiger partial charge in [0.1, 0.15) is 0 Å². The molecule has 1 N–H and O–H groups in total. The Hall–Kier alpha value is -1.57. The van der Waals surface area contributed by atoms with E-state index in [4.69, 9.17) is 0 Å². The molecule has 0 amide bonds. The lowest BCUT2D eigenvalue weighted by molar-refractivity contribution is 0.390. The summed E-state index contributed by atoms with van der Waals surface area (Å²) >= 11 is 0. The molecule has 2 nitrogen and oxygen atoms in total. The maximum Gasteiger partial charge on any atom is 0.0722 e. The maximum atomic E-state index is 4.36. The molecule has 0 fully saturated rings. The van der Waals surface area contributed by atoms with Crippen LogP contribution in [-0.4, -0.2) is 11.5 Å². The number of pyridine rings is 1. The van der Waals surface area contributed by atoms with Gasteiger partial charge in [0.15, 0.2) is 0 Å². The minimum Gasteiger partial charge on any atom is -0.384 e. The van der Waals surface area contributed by atoms with Gasteiger partial charge in [-0.05, 0) is 36.1 Å². The molecule has 0 bridgehead atoms. The first-order valence-electron chi connectivity index (χ1n) is 6.14. The number of anilines is 1. The highest BCUT2D eigenvalue weighted by molar-refractivity contribution is 5.91. The minimum atomic E-state index is 0.371. The predicted molar refractivity (Wildman–Crippen MR) is 74.3 cm³/mol. The summed E-state index contributed by atoms with van der Waals surface area (Å²) in [6.45, 7) is 7.79. The Balaban J connectivity index is 2.13. The van der Waals surface area contributed by atoms with E-state index in [1.54, 1.807) is 0 Å². The van der Waals surface area contributed by atoms with Crippen molar-refractivity contribution in [2.24, 2.45) is 5.41 Å². The first-order valence-corrected chi connectivity index (χ1v) is 6.14. The van der Waals surface area contributed by atoms with Gasteiger partial charge >= 0.3 is 0 Å². The van der Waals surface area contributed by atoms with Gasteiger partial charge in [0.05, 0.1) is 5.52 Å². The van der Waals surface area contributed by atoms with Gasteiger partial charge in [0, 0.05) is 23.8 Å². The molecule has 0 aliphatic carbocycles. The standard InChI is InChI=1S/C15H20N2/c1-15(2,3)9-11-17-14-8-4-7-13-12(14)6-5-10-16-13/h4-8,10,17H,9,11H2,1-3H3. The lowest BCUT2D eigenvalue weighted by Gasteiger charge is -2.19. The zero-order chi connectivity index (χ0) is 12.3. The van der Waals surface area contributed by atoms with E-state index in [2.05, 4.69) is 49.3 Å². The Morgan fingerprint density at radius 2 is 1.94 bits per heavy atom. The molecule has 17 heavy (non-hydrogen) atoms. The lowest BCUT2D eigenvalue weighted by Crippen LogP contribution is -2.12. The largest absolute Gasteiger partial charge is 0.384 e. The smallest absolute Gasteiger partial charge is 0.0722 e. The topological polar surface area (TPSA) is 24.9 Å². The molecule has 0 radical (unpaired) electrons. The van der Waals surface area contributed by atoms with E-state index in [0.717, 1.165) is 18.5 Å². The first-order chi connectivity index (χ1) is 8.06. The Kier molecular flexibility index (Phi) is 3.32. The third kappa shape index (κ3) is 3.19. The van der Waals surface area contributed by atoms with Crippen LogP contribution in [0.25, 0.3) is 10.9 Å². The average Bonchev–Trinajstić information content (AvgIpc) is 2.28. The fourth-order valence-corrected chi connectivity index (χ4v) is 1.83. The zero-order valence-corrected chi connectivity index (χ0v) is 10.8. The third-order valence-corrected chi connectivity index (χ3v) is 2.84. The summed E-state index contributed by atoms with van der Waals surface area (Å²) in [5.41, 5.74) is 2.60. The van der Waals surface area contributed by atoms with Gasteiger partial charge in [-0.3, -0.25) is 4.98 Å². The van der Waals surface area contributed by atoms with Crippen molar-refractivity contribution in [3.05, 3.63) is 36.5 Å². The quantitative estimate of drug-likeness (QED) is 0.856. The molecule has 2 aromatic rings. The van der Waals surface area contributed by atoms with Crippen LogP contribution in [0.5, 0.6) is 0 Å². The number of hydrogen-bond donors (Lipinski definition) is 1. The number of fused-ring (bicyclic) bond motifs is 1. The van der Waals surface area contributed by atoms with E-state index in [9.17, 15) is 0 Å². The van der Waals surface area contributed by atoms with Gasteiger partial charge in [0.25, 0.3) is 0 Å². The second-order valence-corrected chi connectivity index (χ2v) is 5.61. The van der Waals surface area contributed by atoms with Crippen LogP contribution in [0.2, 0.25) is 0 Å². The van der Waals surface area contributed by atoms with Crippen LogP contribution in [0, 0.1) is 5.41 Å². The van der Waals surface area contributed by atoms with Crippen molar-refractivity contribution >= 4 is 16.6 Å². The molecule has 1 aromatic heterocycles. The molecule has 2 heteroatoms. The Morgan fingerprint density at radius 3 is 2.71 bits per heavy atom. The van der Waals surface area contributed by atoms with Crippen LogP contribution in [0.1, 0.15) is 27.2 Å². The van der Waals surface area contributed by atoms with Crippen LogP contribution < -0.4 is 5.32 Å². The van der Waals surface area contributed by atoms with Crippen molar-refractivity contribution in [3.8, 4) is 0 Å². The summed E-state index contributed by atoms with van der Waals surface area (Å²) in [5.74, 6) is 0. The Bertz CT molecular complexity index is 492. The molecule has 0 aliphatic heterocycles. The van der Waals surface area contributed by atoms with Crippen LogP contribution in [0.3, 0.4) is 0 Å². The van der Waals surface area contributed by atoms with E-state index in [1.165, 1.54) is 11.1 Å². The summed E-state index contributed by atoms with van der Waals surface area (Å²) in [5, 5.41) is 4.70. The third-order valence-electron chi connectivity index (χ3n) is 2.84. The fourth-order valence-electron chi connectivity index (χ4n) is 1.83. The van der Waals surface area contributed by atoms with Crippen LogP contribution >= 0.6 is 0 Å². The van der Waals surface area contributed by atoms with Crippen LogP contribution in [-0.2, 0) is 0 Å². The van der Waals surface area contributed by atoms with Gasteiger partial charge in [0.2, 0.25) is 0 Å². The van der Waals surface area contributed by atoms with Crippen molar-refractivity contribution < 1.29 is 0 Å². The molecule has 0 spiro atoms. The van der Waals surface area contributed by atoms with Gasteiger partial charge in [-0.1, -0.05) is 26.8 Å². The van der Waals surface area contributed by atoms with Gasteiger partial charge in [-0.25, -0.2) is 0 Å². The molecule has 0 atom stereocenters. The maximum absolute atomic E-state index is 4.36. The number of benzene rings is 1. The van der Waals surface area contributed by atoms with E-state index in [-0.39, 0.29) is 0 Å². The summed E-state index contributed by atoms with van der Waals surface area (Å²) in [7, 11) is 0. The summed E-state index contributed by atoms with van der Waals surface area (Å²) in [6.07, 6.45) is 2.99. The predicted octanol–water partition coefficient (Wildman–Crippen LogP) is 4.08. The molecule has 2 rings (SSSR count). The van der Waals surface area contributed by atoms with Crippen molar-refractivity contribution in [3.63, 3.8) is 0 Å². The minimum absolute atomic E-state index is 0.371. The highest BCUT2D eigenvalue weighted by Crippen LogP contribution is 2.23. The highest BCUT2D eigenvalue weighted by Gasteiger charge is 2.09. The number of aromatic nitrogens is 1. The molecule has 0 saturated heterocycles. The van der Waals surface area contributed by atoms with Gasteiger partial charge in [-0.15, -0.1) is 0 Å². The zero-order valence-electron chi connectivity index (χ0n) is 10.8. The second-order valence-electron chi connectivity index (χ2n) is 5.61. The lowest BCUT2D eigenvalue weighted by atomic mass is 9.92. The monoisotopic (exact) mass is 228 g/mol. The molecule has 1 aromatic carbocycles. The van der Waals surface area contributed by atoms with E-state index in [0.29, 0.717) is 5.41 Å². The van der Waals surface area contributed by atoms with E-state index in [1.807, 2.05) is 18.3 Å². The first kappa shape index (κ1) is 11.9. The summed E-state index contributed by atoms with van der Waals surface area (Å²) in [6, 6.07) is 10.3. The molecule has 1 heterocycles. The Labute approximate surface area is 103 Å². The molecule has 0 unspecified atom stereocenters. The normalized spacial score (nSPS) is 11.7. The molecule has 0 saturated carbocycles. The van der Waals surface area contributed by atoms with Crippen molar-refractivity contribution in [2.75, 3.05) is 11.9 Å². The molecular weight excluding hydrogens is 208 g/mol. The molecular formula is C15H20N2. The van der Waals surface area contributed by atoms with E-state index >= 15 is 0 Å². The van der Waals surface area contributed by atoms with Gasteiger partial charge < -0.3 is 5.32 Å². The average molecular weight is 228 g/mol. The summed E-state index contributed by atoms with van der Waals surface area (Å²) in [4.78, 5) is 4.36. The van der Waals surface area contributed by atoms with Crippen LogP contribution in [0.15, 0.2) is 36.5 Å². The fraction of sp³-hybridized carbons (Fsp3) is 0.400. The van der Waals surface area contributed by atoms with Crippen molar-refractivity contribution in [2.45, 2.75) is 27.2 Å². The Morgan fingerprint density at radius 1 is 1.12 bits per heavy atom. The molecule has 0 aliphatic rings. The number of nitrogens with zero attached hydrogens (tertiary/aromatic N) is 1. The summed E-state index contributed by atoms with van der Waals surface area (Å²) < 4.78 is 0. The second kappa shape index (κ2) is 4.74. The van der Waals surface area contributed by atoms with Gasteiger partial charge in [-0.2, -0.15) is 0 Å². The number of rotatable bonds is 3. The SMILES string of the molecule is CC(C)(C)CCNc1cccc2ncccc12. The van der Waals surface area contributed by atoms with Crippen LogP contribution in [0.4, 0.5) is 5.69 Å². The highest BCUT2D eigenvalue weighted by atomic mass is 14.9. The van der Waals surface area contributed by atoms with Crippen molar-refractivity contribution in [1.82, 2.24) is 4.98 Å². The number of nitrogens with one attached hydrogen (secondary N) is 1. The number of hydrogen-bond acceptors (Lipinski definition) is 2. The van der Waals surface area contributed by atoms with E-state index < -0.39 is 0 Å².